The normalized spacial score (nSPS) is 15.6. The summed E-state index contributed by atoms with van der Waals surface area (Å²) < 4.78 is 13.0. The number of nitrogens with zero attached hydrogens (tertiary/aromatic N) is 2. The van der Waals surface area contributed by atoms with Crippen LogP contribution in [0, 0.1) is 5.82 Å². The topological polar surface area (TPSA) is 56.7 Å². The molecule has 0 aromatic heterocycles. The highest BCUT2D eigenvalue weighted by Gasteiger charge is 2.29. The summed E-state index contributed by atoms with van der Waals surface area (Å²) in [5.74, 6) is 0.400. The summed E-state index contributed by atoms with van der Waals surface area (Å²) in [5, 5.41) is 6.22. The van der Waals surface area contributed by atoms with Crippen molar-refractivity contribution in [2.45, 2.75) is 18.9 Å². The van der Waals surface area contributed by atoms with Gasteiger partial charge in [0.2, 0.25) is 5.91 Å². The van der Waals surface area contributed by atoms with Crippen molar-refractivity contribution in [1.82, 2.24) is 10.2 Å². The highest BCUT2D eigenvalue weighted by atomic mass is 127. The Bertz CT molecular complexity index is 810. The second kappa shape index (κ2) is 9.68. The Morgan fingerprint density at radius 3 is 2.63 bits per heavy atom. The fraction of sp³-hybridized carbons (Fsp3) is 0.300. The number of hydrogen-bond donors (Lipinski definition) is 2. The Labute approximate surface area is 176 Å². The van der Waals surface area contributed by atoms with Crippen LogP contribution in [0.2, 0.25) is 0 Å². The van der Waals surface area contributed by atoms with E-state index in [0.717, 1.165) is 22.8 Å². The third kappa shape index (κ3) is 5.18. The van der Waals surface area contributed by atoms with E-state index in [1.165, 1.54) is 12.1 Å². The number of anilines is 1. The minimum absolute atomic E-state index is 0. The van der Waals surface area contributed by atoms with Crippen LogP contribution in [0.1, 0.15) is 23.5 Å². The maximum atomic E-state index is 13.0. The molecule has 1 unspecified atom stereocenters. The Hall–Kier alpha value is -2.16. The molecule has 1 atom stereocenters. The molecule has 1 aliphatic heterocycles. The van der Waals surface area contributed by atoms with Gasteiger partial charge in [-0.1, -0.05) is 30.3 Å². The average molecular weight is 482 g/mol. The molecule has 1 aliphatic rings. The standard InChI is InChI=1S/C20H23FN4O.HI/c1-22-20(25(2)13-14-7-9-15(21)10-8-14)23-12-11-17-16-5-3-4-6-18(16)24-19(17)26;/h3-10,17H,11-13H2,1-2H3,(H,22,23)(H,24,26);1H. The monoisotopic (exact) mass is 482 g/mol. The van der Waals surface area contributed by atoms with E-state index in [9.17, 15) is 9.18 Å². The second-order valence-electron chi connectivity index (χ2n) is 6.37. The zero-order valence-corrected chi connectivity index (χ0v) is 17.7. The summed E-state index contributed by atoms with van der Waals surface area (Å²) in [6.45, 7) is 1.25. The molecule has 7 heteroatoms. The van der Waals surface area contributed by atoms with Gasteiger partial charge >= 0.3 is 0 Å². The number of carbonyl (C=O) groups excluding carboxylic acids is 1. The van der Waals surface area contributed by atoms with E-state index < -0.39 is 0 Å². The van der Waals surface area contributed by atoms with Gasteiger partial charge in [0.05, 0.1) is 5.92 Å². The number of nitrogens with one attached hydrogen (secondary N) is 2. The summed E-state index contributed by atoms with van der Waals surface area (Å²) >= 11 is 0. The Morgan fingerprint density at radius 2 is 1.93 bits per heavy atom. The second-order valence-corrected chi connectivity index (χ2v) is 6.37. The number of halogens is 2. The van der Waals surface area contributed by atoms with E-state index in [2.05, 4.69) is 15.6 Å². The molecular weight excluding hydrogens is 458 g/mol. The molecule has 0 saturated heterocycles. The maximum absolute atomic E-state index is 13.0. The SMILES string of the molecule is CN=C(NCCC1C(=O)Nc2ccccc21)N(C)Cc1ccc(F)cc1.I. The number of amides is 1. The quantitative estimate of drug-likeness (QED) is 0.389. The highest BCUT2D eigenvalue weighted by Crippen LogP contribution is 2.33. The van der Waals surface area contributed by atoms with Crippen molar-refractivity contribution >= 4 is 41.5 Å². The van der Waals surface area contributed by atoms with Crippen LogP contribution >= 0.6 is 24.0 Å². The molecule has 5 nitrogen and oxygen atoms in total. The van der Waals surface area contributed by atoms with Crippen LogP contribution in [0.4, 0.5) is 10.1 Å². The van der Waals surface area contributed by atoms with E-state index >= 15 is 0 Å². The number of aliphatic imine (C=N–C) groups is 1. The molecule has 2 aromatic carbocycles. The lowest BCUT2D eigenvalue weighted by molar-refractivity contribution is -0.117. The fourth-order valence-corrected chi connectivity index (χ4v) is 3.21. The van der Waals surface area contributed by atoms with Crippen LogP contribution in [-0.2, 0) is 11.3 Å². The number of carbonyl (C=O) groups is 1. The number of benzene rings is 2. The first-order chi connectivity index (χ1) is 12.6. The zero-order valence-electron chi connectivity index (χ0n) is 15.4. The van der Waals surface area contributed by atoms with Gasteiger partial charge in [-0.25, -0.2) is 4.39 Å². The molecule has 1 amide bonds. The number of para-hydroxylation sites is 1. The molecule has 0 spiro atoms. The minimum Gasteiger partial charge on any atom is -0.356 e. The summed E-state index contributed by atoms with van der Waals surface area (Å²) in [5.41, 5.74) is 2.95. The first-order valence-corrected chi connectivity index (χ1v) is 8.64. The summed E-state index contributed by atoms with van der Waals surface area (Å²) in [4.78, 5) is 18.4. The van der Waals surface area contributed by atoms with Crippen molar-refractivity contribution in [2.24, 2.45) is 4.99 Å². The molecule has 0 saturated carbocycles. The van der Waals surface area contributed by atoms with Crippen molar-refractivity contribution in [1.29, 1.82) is 0 Å². The van der Waals surface area contributed by atoms with Gasteiger partial charge < -0.3 is 15.5 Å². The maximum Gasteiger partial charge on any atom is 0.232 e. The van der Waals surface area contributed by atoms with E-state index in [1.807, 2.05) is 36.2 Å². The molecule has 0 aliphatic carbocycles. The van der Waals surface area contributed by atoms with Crippen LogP contribution in [0.25, 0.3) is 0 Å². The highest BCUT2D eigenvalue weighted by molar-refractivity contribution is 14.0. The van der Waals surface area contributed by atoms with Gasteiger partial charge in [-0.3, -0.25) is 9.79 Å². The lowest BCUT2D eigenvalue weighted by Gasteiger charge is -2.22. The summed E-state index contributed by atoms with van der Waals surface area (Å²) in [6, 6.07) is 14.2. The van der Waals surface area contributed by atoms with Crippen molar-refractivity contribution in [2.75, 3.05) is 26.0 Å². The number of hydrogen-bond acceptors (Lipinski definition) is 2. The van der Waals surface area contributed by atoms with Gasteiger partial charge in [-0.05, 0) is 35.7 Å². The van der Waals surface area contributed by atoms with Crippen molar-refractivity contribution in [3.05, 3.63) is 65.5 Å². The molecule has 0 fully saturated rings. The lowest BCUT2D eigenvalue weighted by Crippen LogP contribution is -2.39. The number of fused-ring (bicyclic) bond motifs is 1. The van der Waals surface area contributed by atoms with E-state index in [4.69, 9.17) is 0 Å². The fourth-order valence-electron chi connectivity index (χ4n) is 3.21. The third-order valence-corrected chi connectivity index (χ3v) is 4.53. The van der Waals surface area contributed by atoms with Gasteiger partial charge in [-0.2, -0.15) is 0 Å². The van der Waals surface area contributed by atoms with Crippen LogP contribution in [0.15, 0.2) is 53.5 Å². The average Bonchev–Trinajstić information content (AvgIpc) is 2.96. The van der Waals surface area contributed by atoms with Crippen molar-refractivity contribution in [3.8, 4) is 0 Å². The zero-order chi connectivity index (χ0) is 18.5. The predicted molar refractivity (Wildman–Crippen MR) is 117 cm³/mol. The van der Waals surface area contributed by atoms with Crippen LogP contribution in [-0.4, -0.2) is 37.4 Å². The Kier molecular flexibility index (Phi) is 7.58. The van der Waals surface area contributed by atoms with Gasteiger partial charge in [0.25, 0.3) is 0 Å². The molecule has 2 N–H and O–H groups in total. The van der Waals surface area contributed by atoms with Crippen LogP contribution in [0.3, 0.4) is 0 Å². The predicted octanol–water partition coefficient (Wildman–Crippen LogP) is 3.58. The van der Waals surface area contributed by atoms with Gasteiger partial charge in [0.15, 0.2) is 5.96 Å². The molecule has 0 radical (unpaired) electrons. The van der Waals surface area contributed by atoms with E-state index in [0.29, 0.717) is 19.5 Å². The molecule has 144 valence electrons. The lowest BCUT2D eigenvalue weighted by atomic mass is 9.97. The number of guanidine groups is 1. The molecule has 1 heterocycles. The minimum atomic E-state index is -0.242. The van der Waals surface area contributed by atoms with Crippen molar-refractivity contribution in [3.63, 3.8) is 0 Å². The molecule has 0 bridgehead atoms. The first kappa shape index (κ1) is 21.1. The summed E-state index contributed by atoms with van der Waals surface area (Å²) in [7, 11) is 3.65. The first-order valence-electron chi connectivity index (χ1n) is 8.64. The Morgan fingerprint density at radius 1 is 1.22 bits per heavy atom. The van der Waals surface area contributed by atoms with Gasteiger partial charge in [0, 0.05) is 32.9 Å². The third-order valence-electron chi connectivity index (χ3n) is 4.53. The summed E-state index contributed by atoms with van der Waals surface area (Å²) in [6.07, 6.45) is 0.687. The van der Waals surface area contributed by atoms with Crippen LogP contribution in [0.5, 0.6) is 0 Å². The van der Waals surface area contributed by atoms with Crippen molar-refractivity contribution < 1.29 is 9.18 Å². The Balaban J connectivity index is 0.00000261. The molecule has 27 heavy (non-hydrogen) atoms. The molecule has 2 aromatic rings. The van der Waals surface area contributed by atoms with Gasteiger partial charge in [0.1, 0.15) is 5.82 Å². The van der Waals surface area contributed by atoms with E-state index in [-0.39, 0.29) is 41.6 Å². The van der Waals surface area contributed by atoms with Gasteiger partial charge in [-0.15, -0.1) is 24.0 Å². The van der Waals surface area contributed by atoms with Crippen LogP contribution < -0.4 is 10.6 Å². The largest absolute Gasteiger partial charge is 0.356 e. The number of rotatable bonds is 5. The van der Waals surface area contributed by atoms with E-state index in [1.54, 1.807) is 19.2 Å². The molecule has 3 rings (SSSR count). The smallest absolute Gasteiger partial charge is 0.232 e. The molecular formula is C20H24FIN4O.